The van der Waals surface area contributed by atoms with Gasteiger partial charge in [-0.1, -0.05) is 12.2 Å². The second kappa shape index (κ2) is 5.37. The van der Waals surface area contributed by atoms with Gasteiger partial charge < -0.3 is 9.73 Å². The number of amides is 3. The maximum atomic E-state index is 12.5. The van der Waals surface area contributed by atoms with Gasteiger partial charge in [0.15, 0.2) is 0 Å². The molecule has 1 aliphatic heterocycles. The first-order valence-corrected chi connectivity index (χ1v) is 8.01. The molecule has 6 heteroatoms. The lowest BCUT2D eigenvalue weighted by Crippen LogP contribution is -2.35. The number of furan rings is 1. The fourth-order valence-corrected chi connectivity index (χ4v) is 4.12. The third-order valence-electron chi connectivity index (χ3n) is 5.19. The van der Waals surface area contributed by atoms with Gasteiger partial charge in [-0.25, -0.2) is 0 Å². The van der Waals surface area contributed by atoms with Crippen LogP contribution in [0.3, 0.4) is 0 Å². The molecule has 0 aromatic carbocycles. The second-order valence-corrected chi connectivity index (χ2v) is 6.45. The van der Waals surface area contributed by atoms with Gasteiger partial charge in [0, 0.05) is 13.1 Å². The van der Waals surface area contributed by atoms with Crippen molar-refractivity contribution in [2.24, 2.45) is 23.7 Å². The van der Waals surface area contributed by atoms with E-state index in [9.17, 15) is 14.4 Å². The van der Waals surface area contributed by atoms with Gasteiger partial charge in [-0.3, -0.25) is 19.3 Å². The molecule has 3 amide bonds. The van der Waals surface area contributed by atoms with Crippen LogP contribution >= 0.6 is 0 Å². The van der Waals surface area contributed by atoms with E-state index in [4.69, 9.17) is 4.42 Å². The number of allylic oxidation sites excluding steroid dienone is 2. The van der Waals surface area contributed by atoms with Gasteiger partial charge >= 0.3 is 0 Å². The van der Waals surface area contributed by atoms with E-state index in [0.29, 0.717) is 25.1 Å². The summed E-state index contributed by atoms with van der Waals surface area (Å²) in [7, 11) is 0. The number of nitrogens with zero attached hydrogens (tertiary/aromatic N) is 1. The van der Waals surface area contributed by atoms with Crippen molar-refractivity contribution in [3.05, 3.63) is 36.3 Å². The van der Waals surface area contributed by atoms with Crippen molar-refractivity contribution in [3.8, 4) is 0 Å². The molecule has 1 saturated carbocycles. The molecular formula is C17H18N2O4. The Balaban J connectivity index is 1.30. The fraction of sp³-hybridized carbons (Fsp3) is 0.471. The van der Waals surface area contributed by atoms with Crippen molar-refractivity contribution >= 4 is 17.7 Å². The molecule has 6 nitrogen and oxygen atoms in total. The smallest absolute Gasteiger partial charge is 0.254 e. The van der Waals surface area contributed by atoms with Crippen LogP contribution in [0, 0.1) is 23.7 Å². The zero-order valence-electron chi connectivity index (χ0n) is 12.6. The molecule has 2 bridgehead atoms. The summed E-state index contributed by atoms with van der Waals surface area (Å²) in [6.07, 6.45) is 8.51. The molecule has 4 rings (SSSR count). The number of hydrogen-bond donors (Lipinski definition) is 1. The van der Waals surface area contributed by atoms with Crippen LogP contribution in [0.1, 0.15) is 23.2 Å². The molecule has 3 aliphatic rings. The highest BCUT2D eigenvalue weighted by atomic mass is 16.3. The maximum absolute atomic E-state index is 12.5. The van der Waals surface area contributed by atoms with Crippen LogP contribution < -0.4 is 5.32 Å². The van der Waals surface area contributed by atoms with Gasteiger partial charge in [-0.2, -0.15) is 0 Å². The lowest BCUT2D eigenvalue weighted by atomic mass is 9.85. The van der Waals surface area contributed by atoms with Gasteiger partial charge in [0.05, 0.1) is 23.7 Å². The minimum Gasteiger partial charge on any atom is -0.472 e. The first-order chi connectivity index (χ1) is 11.2. The lowest BCUT2D eigenvalue weighted by molar-refractivity contribution is -0.140. The number of carbonyl (C=O) groups excluding carboxylic acids is 3. The predicted molar refractivity (Wildman–Crippen MR) is 80.1 cm³/mol. The summed E-state index contributed by atoms with van der Waals surface area (Å²) in [4.78, 5) is 38.1. The summed E-state index contributed by atoms with van der Waals surface area (Å²) in [6.45, 7) is 0.789. The Morgan fingerprint density at radius 3 is 2.52 bits per heavy atom. The summed E-state index contributed by atoms with van der Waals surface area (Å²) in [5.41, 5.74) is 0.468. The molecule has 4 atom stereocenters. The average molecular weight is 314 g/mol. The van der Waals surface area contributed by atoms with Crippen LogP contribution in [-0.4, -0.2) is 35.7 Å². The van der Waals surface area contributed by atoms with Crippen LogP contribution in [0.15, 0.2) is 35.2 Å². The summed E-state index contributed by atoms with van der Waals surface area (Å²) >= 11 is 0. The number of fused-ring (bicyclic) bond motifs is 5. The van der Waals surface area contributed by atoms with E-state index in [1.807, 2.05) is 0 Å². The minimum absolute atomic E-state index is 0.0296. The Morgan fingerprint density at radius 1 is 1.22 bits per heavy atom. The first kappa shape index (κ1) is 14.2. The fourth-order valence-electron chi connectivity index (χ4n) is 4.12. The van der Waals surface area contributed by atoms with E-state index in [-0.39, 0.29) is 41.4 Å². The predicted octanol–water partition coefficient (Wildman–Crippen LogP) is 1.21. The Labute approximate surface area is 133 Å². The molecule has 1 aromatic heterocycles. The van der Waals surface area contributed by atoms with E-state index in [1.54, 1.807) is 6.07 Å². The van der Waals surface area contributed by atoms with Crippen molar-refractivity contribution in [3.63, 3.8) is 0 Å². The van der Waals surface area contributed by atoms with Crippen LogP contribution in [0.2, 0.25) is 0 Å². The van der Waals surface area contributed by atoms with Crippen LogP contribution in [0.5, 0.6) is 0 Å². The van der Waals surface area contributed by atoms with Crippen LogP contribution in [0.4, 0.5) is 0 Å². The molecule has 2 aliphatic carbocycles. The largest absolute Gasteiger partial charge is 0.472 e. The van der Waals surface area contributed by atoms with Gasteiger partial charge in [-0.05, 0) is 30.7 Å². The zero-order chi connectivity index (χ0) is 16.0. The zero-order valence-corrected chi connectivity index (χ0v) is 12.6. The van der Waals surface area contributed by atoms with Crippen LogP contribution in [0.25, 0.3) is 0 Å². The standard InChI is InChI=1S/C17H18N2O4/c20-15(12-4-7-23-9-12)18-5-1-6-19-16(21)13-10-2-3-11(8-10)14(13)17(19)22/h2-4,7,9-11,13-14H,1,5-6,8H2,(H,18,20)/t10-,11-,13-,14-/m0/s1. The van der Waals surface area contributed by atoms with Crippen molar-refractivity contribution in [2.45, 2.75) is 12.8 Å². The van der Waals surface area contributed by atoms with E-state index < -0.39 is 0 Å². The summed E-state index contributed by atoms with van der Waals surface area (Å²) in [6, 6.07) is 1.59. The Bertz CT molecular complexity index is 649. The average Bonchev–Trinajstić information content (AvgIpc) is 3.30. The third-order valence-corrected chi connectivity index (χ3v) is 5.19. The Kier molecular flexibility index (Phi) is 3.32. The molecule has 1 saturated heterocycles. The minimum atomic E-state index is -0.211. The number of carbonyl (C=O) groups is 3. The van der Waals surface area contributed by atoms with Gasteiger partial charge in [-0.15, -0.1) is 0 Å². The topological polar surface area (TPSA) is 79.6 Å². The van der Waals surface area contributed by atoms with E-state index >= 15 is 0 Å². The normalized spacial score (nSPS) is 31.0. The number of hydrogen-bond acceptors (Lipinski definition) is 4. The quantitative estimate of drug-likeness (QED) is 0.503. The molecule has 120 valence electrons. The summed E-state index contributed by atoms with van der Waals surface area (Å²) < 4.78 is 4.86. The Hall–Kier alpha value is -2.37. The second-order valence-electron chi connectivity index (χ2n) is 6.45. The molecule has 2 fully saturated rings. The first-order valence-electron chi connectivity index (χ1n) is 8.01. The lowest BCUT2D eigenvalue weighted by Gasteiger charge is -2.17. The van der Waals surface area contributed by atoms with E-state index in [0.717, 1.165) is 6.42 Å². The van der Waals surface area contributed by atoms with Crippen LogP contribution in [-0.2, 0) is 9.59 Å². The highest BCUT2D eigenvalue weighted by Crippen LogP contribution is 2.52. The highest BCUT2D eigenvalue weighted by molar-refractivity contribution is 6.06. The maximum Gasteiger partial charge on any atom is 0.254 e. The molecule has 23 heavy (non-hydrogen) atoms. The number of imide groups is 1. The summed E-state index contributed by atoms with van der Waals surface area (Å²) in [5.74, 6) is -0.0662. The van der Waals surface area contributed by atoms with E-state index in [1.165, 1.54) is 17.4 Å². The van der Waals surface area contributed by atoms with Crippen molar-refractivity contribution < 1.29 is 18.8 Å². The molecule has 2 heterocycles. The molecule has 1 N–H and O–H groups in total. The highest BCUT2D eigenvalue weighted by Gasteiger charge is 2.58. The van der Waals surface area contributed by atoms with Gasteiger partial charge in [0.1, 0.15) is 6.26 Å². The number of rotatable bonds is 5. The van der Waals surface area contributed by atoms with Gasteiger partial charge in [0.25, 0.3) is 5.91 Å². The SMILES string of the molecule is O=C(NCCCN1C(=O)[C@@H]2[C@@H](C1=O)[C@H]1C=C[C@H]2C1)c1ccoc1. The molecule has 1 aromatic rings. The van der Waals surface area contributed by atoms with Crippen molar-refractivity contribution in [2.75, 3.05) is 13.1 Å². The molecule has 0 unspecified atom stereocenters. The van der Waals surface area contributed by atoms with Crippen molar-refractivity contribution in [1.29, 1.82) is 0 Å². The Morgan fingerprint density at radius 2 is 1.91 bits per heavy atom. The molecular weight excluding hydrogens is 296 g/mol. The third kappa shape index (κ3) is 2.20. The number of nitrogens with one attached hydrogen (secondary N) is 1. The number of likely N-dealkylation sites (tertiary alicyclic amines) is 1. The van der Waals surface area contributed by atoms with Gasteiger partial charge in [0.2, 0.25) is 11.8 Å². The van der Waals surface area contributed by atoms with Crippen molar-refractivity contribution in [1.82, 2.24) is 10.2 Å². The monoisotopic (exact) mass is 314 g/mol. The van der Waals surface area contributed by atoms with E-state index in [2.05, 4.69) is 17.5 Å². The summed E-state index contributed by atoms with van der Waals surface area (Å²) in [5, 5.41) is 2.76. The molecule has 0 radical (unpaired) electrons. The molecule has 0 spiro atoms.